The number of thioether (sulfide) groups is 1. The first kappa shape index (κ1) is 24.6. The van der Waals surface area contributed by atoms with Crippen LogP contribution in [0.1, 0.15) is 38.4 Å². The van der Waals surface area contributed by atoms with Gasteiger partial charge in [0, 0.05) is 23.7 Å². The molecule has 2 aliphatic heterocycles. The van der Waals surface area contributed by atoms with Crippen LogP contribution in [0.2, 0.25) is 0 Å². The summed E-state index contributed by atoms with van der Waals surface area (Å²) in [5.41, 5.74) is 2.93. The number of rotatable bonds is 6. The van der Waals surface area contributed by atoms with Crippen molar-refractivity contribution in [1.29, 1.82) is 0 Å². The van der Waals surface area contributed by atoms with Gasteiger partial charge in [0.1, 0.15) is 11.8 Å². The normalized spacial score (nSPS) is 18.7. The van der Waals surface area contributed by atoms with Crippen LogP contribution in [0.25, 0.3) is 12.2 Å². The second-order valence-electron chi connectivity index (χ2n) is 8.83. The van der Waals surface area contributed by atoms with Gasteiger partial charge in [-0.2, -0.15) is 0 Å². The zero-order valence-corrected chi connectivity index (χ0v) is 21.2. The van der Waals surface area contributed by atoms with Crippen molar-refractivity contribution < 1.29 is 19.1 Å². The first-order valence-electron chi connectivity index (χ1n) is 11.8. The number of ether oxygens (including phenoxy) is 1. The first-order valence-corrected chi connectivity index (χ1v) is 13.1. The molecule has 2 aliphatic rings. The van der Waals surface area contributed by atoms with Crippen LogP contribution in [0, 0.1) is 0 Å². The molecule has 9 heteroatoms. The van der Waals surface area contributed by atoms with Crippen LogP contribution in [0.4, 0.5) is 5.69 Å². The fraction of sp³-hybridized carbons (Fsp3) is 0.214. The molecular formula is C28H26N4O4S. The molecule has 188 valence electrons. The van der Waals surface area contributed by atoms with Crippen molar-refractivity contribution in [3.05, 3.63) is 83.2 Å². The summed E-state index contributed by atoms with van der Waals surface area (Å²) in [7, 11) is 1.52. The molecule has 2 atom stereocenters. The van der Waals surface area contributed by atoms with E-state index in [1.807, 2.05) is 54.8 Å². The number of amides is 3. The van der Waals surface area contributed by atoms with Gasteiger partial charge in [-0.25, -0.2) is 0 Å². The molecule has 0 spiro atoms. The standard InChI is InChI=1S/C28H26N4O4S/c1-36-25-15-20(37-2)9-10-21(25)26(33)30-19-14-24-27(34)31-23-11-7-17(6-8-18-5-3-4-12-29-18)13-22(23)28(35)32(24)16-19/h3-13,15,19,24H,14,16H2,1-2H3,(H,30,33)(H,31,34). The summed E-state index contributed by atoms with van der Waals surface area (Å²) < 4.78 is 5.40. The maximum absolute atomic E-state index is 13.5. The molecule has 8 nitrogen and oxygen atoms in total. The third-order valence-electron chi connectivity index (χ3n) is 6.52. The zero-order valence-electron chi connectivity index (χ0n) is 20.4. The van der Waals surface area contributed by atoms with E-state index in [0.717, 1.165) is 16.2 Å². The van der Waals surface area contributed by atoms with Gasteiger partial charge in [0.25, 0.3) is 11.8 Å². The van der Waals surface area contributed by atoms with Crippen LogP contribution in [-0.4, -0.2) is 59.6 Å². The number of carbonyl (C=O) groups is 3. The number of nitrogens with zero attached hydrogens (tertiary/aromatic N) is 2. The minimum Gasteiger partial charge on any atom is -0.496 e. The number of nitrogens with one attached hydrogen (secondary N) is 2. The molecule has 2 aromatic carbocycles. The lowest BCUT2D eigenvalue weighted by Crippen LogP contribution is -2.41. The van der Waals surface area contributed by atoms with Crippen LogP contribution in [0.15, 0.2) is 65.7 Å². The van der Waals surface area contributed by atoms with Gasteiger partial charge >= 0.3 is 0 Å². The van der Waals surface area contributed by atoms with Gasteiger partial charge in [0.05, 0.1) is 29.6 Å². The number of fused-ring (bicyclic) bond motifs is 2. The van der Waals surface area contributed by atoms with Gasteiger partial charge in [-0.1, -0.05) is 18.2 Å². The highest BCUT2D eigenvalue weighted by Crippen LogP contribution is 2.31. The van der Waals surface area contributed by atoms with Crippen molar-refractivity contribution in [3.63, 3.8) is 0 Å². The summed E-state index contributed by atoms with van der Waals surface area (Å²) in [4.78, 5) is 46.4. The van der Waals surface area contributed by atoms with Gasteiger partial charge < -0.3 is 20.3 Å². The number of hydrogen-bond donors (Lipinski definition) is 2. The molecule has 1 aromatic heterocycles. The van der Waals surface area contributed by atoms with Crippen molar-refractivity contribution in [3.8, 4) is 5.75 Å². The van der Waals surface area contributed by atoms with Crippen molar-refractivity contribution in [2.75, 3.05) is 25.2 Å². The molecular weight excluding hydrogens is 488 g/mol. The summed E-state index contributed by atoms with van der Waals surface area (Å²) >= 11 is 1.56. The quantitative estimate of drug-likeness (QED) is 0.483. The smallest absolute Gasteiger partial charge is 0.256 e. The number of benzene rings is 2. The molecule has 2 unspecified atom stereocenters. The molecule has 3 aromatic rings. The van der Waals surface area contributed by atoms with Crippen molar-refractivity contribution in [2.45, 2.75) is 23.4 Å². The second kappa shape index (κ2) is 10.5. The second-order valence-corrected chi connectivity index (χ2v) is 9.71. The lowest BCUT2D eigenvalue weighted by atomic mass is 10.1. The Bertz CT molecular complexity index is 1390. The van der Waals surface area contributed by atoms with E-state index in [1.165, 1.54) is 7.11 Å². The number of carbonyl (C=O) groups excluding carboxylic acids is 3. The molecule has 5 rings (SSSR count). The minimum absolute atomic E-state index is 0.237. The molecule has 3 amide bonds. The maximum Gasteiger partial charge on any atom is 0.256 e. The van der Waals surface area contributed by atoms with Crippen molar-refractivity contribution in [2.24, 2.45) is 0 Å². The predicted octanol–water partition coefficient (Wildman–Crippen LogP) is 3.95. The largest absolute Gasteiger partial charge is 0.496 e. The molecule has 1 saturated heterocycles. The van der Waals surface area contributed by atoms with E-state index < -0.39 is 6.04 Å². The van der Waals surface area contributed by atoms with Gasteiger partial charge in [-0.3, -0.25) is 19.4 Å². The molecule has 3 heterocycles. The summed E-state index contributed by atoms with van der Waals surface area (Å²) in [6.45, 7) is 0.237. The number of anilines is 1. The fourth-order valence-corrected chi connectivity index (χ4v) is 5.07. The van der Waals surface area contributed by atoms with Crippen LogP contribution in [0.3, 0.4) is 0 Å². The number of hydrogen-bond acceptors (Lipinski definition) is 6. The van der Waals surface area contributed by atoms with E-state index in [0.29, 0.717) is 29.0 Å². The van der Waals surface area contributed by atoms with E-state index in [4.69, 9.17) is 4.74 Å². The lowest BCUT2D eigenvalue weighted by molar-refractivity contribution is -0.119. The highest BCUT2D eigenvalue weighted by molar-refractivity contribution is 7.98. The maximum atomic E-state index is 13.5. The van der Waals surface area contributed by atoms with Crippen molar-refractivity contribution >= 4 is 47.3 Å². The Morgan fingerprint density at radius 3 is 2.78 bits per heavy atom. The summed E-state index contributed by atoms with van der Waals surface area (Å²) in [5.74, 6) is -0.333. The Balaban J connectivity index is 1.34. The average molecular weight is 515 g/mol. The van der Waals surface area contributed by atoms with Gasteiger partial charge in [0.15, 0.2) is 0 Å². The fourth-order valence-electron chi connectivity index (χ4n) is 4.64. The molecule has 2 N–H and O–H groups in total. The van der Waals surface area contributed by atoms with Crippen LogP contribution >= 0.6 is 11.8 Å². The van der Waals surface area contributed by atoms with E-state index in [2.05, 4.69) is 15.6 Å². The molecule has 0 saturated carbocycles. The monoisotopic (exact) mass is 514 g/mol. The SMILES string of the molecule is COc1cc(SC)ccc1C(=O)NC1CC2C(=O)Nc3ccc(C=Cc4ccccn4)cc3C(=O)N2C1. The molecule has 0 aliphatic carbocycles. The zero-order chi connectivity index (χ0) is 25.9. The summed E-state index contributed by atoms with van der Waals surface area (Å²) in [5, 5.41) is 5.87. The molecule has 0 bridgehead atoms. The van der Waals surface area contributed by atoms with E-state index >= 15 is 0 Å². The topological polar surface area (TPSA) is 101 Å². The Labute approximate surface area is 219 Å². The summed E-state index contributed by atoms with van der Waals surface area (Å²) in [6.07, 6.45) is 7.74. The Morgan fingerprint density at radius 1 is 1.16 bits per heavy atom. The minimum atomic E-state index is -0.668. The first-order chi connectivity index (χ1) is 18.0. The third-order valence-corrected chi connectivity index (χ3v) is 7.24. The van der Waals surface area contributed by atoms with E-state index in [9.17, 15) is 14.4 Å². The lowest BCUT2D eigenvalue weighted by Gasteiger charge is -2.20. The Kier molecular flexibility index (Phi) is 6.96. The molecule has 0 radical (unpaired) electrons. The number of pyridine rings is 1. The Hall–Kier alpha value is -4.11. The molecule has 1 fully saturated rings. The average Bonchev–Trinajstić information content (AvgIpc) is 3.32. The highest BCUT2D eigenvalue weighted by Gasteiger charge is 2.43. The predicted molar refractivity (Wildman–Crippen MR) is 144 cm³/mol. The number of aromatic nitrogens is 1. The van der Waals surface area contributed by atoms with E-state index in [-0.39, 0.29) is 30.3 Å². The van der Waals surface area contributed by atoms with Gasteiger partial charge in [-0.15, -0.1) is 11.8 Å². The summed E-state index contributed by atoms with van der Waals surface area (Å²) in [6, 6.07) is 15.4. The Morgan fingerprint density at radius 2 is 2.03 bits per heavy atom. The van der Waals surface area contributed by atoms with Gasteiger partial charge in [0.2, 0.25) is 5.91 Å². The third kappa shape index (κ3) is 5.08. The molecule has 37 heavy (non-hydrogen) atoms. The highest BCUT2D eigenvalue weighted by atomic mass is 32.2. The van der Waals surface area contributed by atoms with Gasteiger partial charge in [-0.05, 0) is 66.8 Å². The van der Waals surface area contributed by atoms with E-state index in [1.54, 1.807) is 41.1 Å². The van der Waals surface area contributed by atoms with Crippen molar-refractivity contribution in [1.82, 2.24) is 15.2 Å². The van der Waals surface area contributed by atoms with Crippen LogP contribution in [0.5, 0.6) is 5.75 Å². The van der Waals surface area contributed by atoms with Crippen LogP contribution < -0.4 is 15.4 Å². The van der Waals surface area contributed by atoms with Crippen LogP contribution in [-0.2, 0) is 4.79 Å². The number of methoxy groups -OCH3 is 1.